The van der Waals surface area contributed by atoms with Crippen LogP contribution in [-0.2, 0) is 6.42 Å². The van der Waals surface area contributed by atoms with Crippen LogP contribution in [0, 0.1) is 0 Å². The predicted molar refractivity (Wildman–Crippen MR) is 70.8 cm³/mol. The predicted octanol–water partition coefficient (Wildman–Crippen LogP) is 3.62. The number of benzene rings is 1. The van der Waals surface area contributed by atoms with E-state index in [1.807, 2.05) is 0 Å². The molecule has 1 aromatic carbocycles. The van der Waals surface area contributed by atoms with Crippen molar-refractivity contribution in [3.8, 4) is 0 Å². The number of rotatable bonds is 3. The molecule has 1 saturated carbocycles. The molecule has 1 aromatic rings. The summed E-state index contributed by atoms with van der Waals surface area (Å²) in [4.78, 5) is 0. The van der Waals surface area contributed by atoms with Gasteiger partial charge in [0.15, 0.2) is 0 Å². The highest BCUT2D eigenvalue weighted by atomic mass is 79.9. The summed E-state index contributed by atoms with van der Waals surface area (Å²) in [6.45, 7) is 1.17. The van der Waals surface area contributed by atoms with Crippen molar-refractivity contribution in [2.24, 2.45) is 0 Å². The lowest BCUT2D eigenvalue weighted by Crippen LogP contribution is -2.26. The molecule has 0 aromatic heterocycles. The van der Waals surface area contributed by atoms with Gasteiger partial charge in [-0.1, -0.05) is 22.0 Å². The molecule has 16 heavy (non-hydrogen) atoms. The van der Waals surface area contributed by atoms with Crippen molar-refractivity contribution in [2.75, 3.05) is 6.54 Å². The summed E-state index contributed by atoms with van der Waals surface area (Å²) in [6.07, 6.45) is 6.74. The SMILES string of the molecule is Brc1ccc2c(c1)C(CNC1CC1)CCC2. The monoisotopic (exact) mass is 279 g/mol. The van der Waals surface area contributed by atoms with Crippen molar-refractivity contribution in [1.29, 1.82) is 0 Å². The Kier molecular flexibility index (Phi) is 3.03. The van der Waals surface area contributed by atoms with Crippen molar-refractivity contribution >= 4 is 15.9 Å². The van der Waals surface area contributed by atoms with Gasteiger partial charge in [-0.3, -0.25) is 0 Å². The summed E-state index contributed by atoms with van der Waals surface area (Å²) < 4.78 is 1.23. The van der Waals surface area contributed by atoms with E-state index in [1.54, 1.807) is 11.1 Å². The largest absolute Gasteiger partial charge is 0.313 e. The van der Waals surface area contributed by atoms with Gasteiger partial charge in [-0.2, -0.15) is 0 Å². The molecule has 1 fully saturated rings. The van der Waals surface area contributed by atoms with Crippen LogP contribution in [0.1, 0.15) is 42.7 Å². The van der Waals surface area contributed by atoms with E-state index in [-0.39, 0.29) is 0 Å². The van der Waals surface area contributed by atoms with E-state index >= 15 is 0 Å². The van der Waals surface area contributed by atoms with Crippen LogP contribution >= 0.6 is 15.9 Å². The molecule has 2 aliphatic rings. The van der Waals surface area contributed by atoms with E-state index in [9.17, 15) is 0 Å². The Morgan fingerprint density at radius 2 is 2.12 bits per heavy atom. The van der Waals surface area contributed by atoms with Crippen LogP contribution in [0.3, 0.4) is 0 Å². The molecule has 0 radical (unpaired) electrons. The molecule has 1 atom stereocenters. The number of nitrogens with one attached hydrogen (secondary N) is 1. The lowest BCUT2D eigenvalue weighted by molar-refractivity contribution is 0.506. The molecule has 0 bridgehead atoms. The fourth-order valence-corrected chi connectivity index (χ4v) is 3.06. The first-order chi connectivity index (χ1) is 7.83. The summed E-state index contributed by atoms with van der Waals surface area (Å²) in [5.74, 6) is 0.738. The van der Waals surface area contributed by atoms with Gasteiger partial charge in [0, 0.05) is 17.1 Å². The third-order valence-corrected chi connectivity index (χ3v) is 4.27. The molecular weight excluding hydrogens is 262 g/mol. The molecule has 1 N–H and O–H groups in total. The summed E-state index contributed by atoms with van der Waals surface area (Å²) in [5, 5.41) is 3.67. The van der Waals surface area contributed by atoms with Gasteiger partial charge in [0.2, 0.25) is 0 Å². The van der Waals surface area contributed by atoms with Crippen molar-refractivity contribution in [2.45, 2.75) is 44.1 Å². The molecule has 2 heteroatoms. The minimum atomic E-state index is 0.738. The second-order valence-electron chi connectivity index (χ2n) is 5.11. The zero-order chi connectivity index (χ0) is 11.0. The average Bonchev–Trinajstić information content (AvgIpc) is 3.10. The van der Waals surface area contributed by atoms with Crippen molar-refractivity contribution in [1.82, 2.24) is 5.32 Å². The molecule has 2 aliphatic carbocycles. The lowest BCUT2D eigenvalue weighted by atomic mass is 9.83. The lowest BCUT2D eigenvalue weighted by Gasteiger charge is -2.26. The minimum absolute atomic E-state index is 0.738. The molecule has 1 unspecified atom stereocenters. The van der Waals surface area contributed by atoms with E-state index in [0.29, 0.717) is 0 Å². The second-order valence-corrected chi connectivity index (χ2v) is 6.03. The maximum atomic E-state index is 3.67. The first-order valence-electron chi connectivity index (χ1n) is 6.34. The van der Waals surface area contributed by atoms with Crippen LogP contribution in [0.5, 0.6) is 0 Å². The summed E-state index contributed by atoms with van der Waals surface area (Å²) >= 11 is 3.59. The van der Waals surface area contributed by atoms with Gasteiger partial charge in [0.05, 0.1) is 0 Å². The number of fused-ring (bicyclic) bond motifs is 1. The van der Waals surface area contributed by atoms with Crippen LogP contribution in [0.2, 0.25) is 0 Å². The molecule has 0 spiro atoms. The first-order valence-corrected chi connectivity index (χ1v) is 7.14. The average molecular weight is 280 g/mol. The molecule has 3 rings (SSSR count). The molecule has 0 amide bonds. The third kappa shape index (κ3) is 2.33. The fourth-order valence-electron chi connectivity index (χ4n) is 2.68. The summed E-state index contributed by atoms with van der Waals surface area (Å²) in [6, 6.07) is 7.63. The maximum absolute atomic E-state index is 3.67. The Balaban J connectivity index is 1.77. The zero-order valence-electron chi connectivity index (χ0n) is 9.51. The number of aryl methyl sites for hydroxylation is 1. The standard InChI is InChI=1S/C14H18BrN/c15-12-5-4-10-2-1-3-11(14(10)8-12)9-16-13-6-7-13/h4-5,8,11,13,16H,1-3,6-7,9H2. The third-order valence-electron chi connectivity index (χ3n) is 3.78. The Morgan fingerprint density at radius 1 is 1.25 bits per heavy atom. The van der Waals surface area contributed by atoms with Crippen molar-refractivity contribution in [3.63, 3.8) is 0 Å². The molecule has 1 nitrogen and oxygen atoms in total. The molecular formula is C14H18BrN. The fraction of sp³-hybridized carbons (Fsp3) is 0.571. The highest BCUT2D eigenvalue weighted by molar-refractivity contribution is 9.10. The minimum Gasteiger partial charge on any atom is -0.313 e. The Hall–Kier alpha value is -0.340. The van der Waals surface area contributed by atoms with Gasteiger partial charge in [-0.25, -0.2) is 0 Å². The van der Waals surface area contributed by atoms with E-state index in [1.165, 1.54) is 43.1 Å². The van der Waals surface area contributed by atoms with Crippen molar-refractivity contribution in [3.05, 3.63) is 33.8 Å². The van der Waals surface area contributed by atoms with Gasteiger partial charge in [0.25, 0.3) is 0 Å². The first kappa shape index (κ1) is 10.8. The number of hydrogen-bond donors (Lipinski definition) is 1. The summed E-state index contributed by atoms with van der Waals surface area (Å²) in [5.41, 5.74) is 3.14. The quantitative estimate of drug-likeness (QED) is 0.891. The molecule has 0 saturated heterocycles. The van der Waals surface area contributed by atoms with Gasteiger partial charge in [-0.05, 0) is 61.3 Å². The van der Waals surface area contributed by atoms with Crippen LogP contribution in [0.4, 0.5) is 0 Å². The van der Waals surface area contributed by atoms with Crippen LogP contribution < -0.4 is 5.32 Å². The maximum Gasteiger partial charge on any atom is 0.0178 e. The topological polar surface area (TPSA) is 12.0 Å². The smallest absolute Gasteiger partial charge is 0.0178 e. The van der Waals surface area contributed by atoms with E-state index in [4.69, 9.17) is 0 Å². The van der Waals surface area contributed by atoms with E-state index < -0.39 is 0 Å². The van der Waals surface area contributed by atoms with E-state index in [0.717, 1.165) is 12.0 Å². The van der Waals surface area contributed by atoms with Crippen LogP contribution in [-0.4, -0.2) is 12.6 Å². The van der Waals surface area contributed by atoms with Gasteiger partial charge in [0.1, 0.15) is 0 Å². The Morgan fingerprint density at radius 3 is 2.94 bits per heavy atom. The molecule has 0 aliphatic heterocycles. The normalized spacial score (nSPS) is 24.2. The number of hydrogen-bond acceptors (Lipinski definition) is 1. The highest BCUT2D eigenvalue weighted by Gasteiger charge is 2.25. The zero-order valence-corrected chi connectivity index (χ0v) is 11.1. The summed E-state index contributed by atoms with van der Waals surface area (Å²) in [7, 11) is 0. The molecule has 86 valence electrons. The second kappa shape index (κ2) is 4.50. The van der Waals surface area contributed by atoms with Gasteiger partial charge < -0.3 is 5.32 Å². The highest BCUT2D eigenvalue weighted by Crippen LogP contribution is 2.33. The van der Waals surface area contributed by atoms with E-state index in [2.05, 4.69) is 39.4 Å². The Bertz CT molecular complexity index is 384. The van der Waals surface area contributed by atoms with Crippen LogP contribution in [0.25, 0.3) is 0 Å². The van der Waals surface area contributed by atoms with Gasteiger partial charge >= 0.3 is 0 Å². The van der Waals surface area contributed by atoms with Crippen LogP contribution in [0.15, 0.2) is 22.7 Å². The Labute approximate surface area is 106 Å². The number of halogens is 1. The van der Waals surface area contributed by atoms with Crippen molar-refractivity contribution < 1.29 is 0 Å². The molecule has 0 heterocycles. The van der Waals surface area contributed by atoms with Gasteiger partial charge in [-0.15, -0.1) is 0 Å².